The number of nitrogens with one attached hydrogen (secondary N) is 1. The van der Waals surface area contributed by atoms with Gasteiger partial charge in [-0.3, -0.25) is 9.59 Å². The quantitative estimate of drug-likeness (QED) is 0.634. The van der Waals surface area contributed by atoms with Crippen molar-refractivity contribution in [1.29, 1.82) is 0 Å². The number of nitrogens with zero attached hydrogens (tertiary/aromatic N) is 1. The first-order valence-corrected chi connectivity index (χ1v) is 12.0. The Morgan fingerprint density at radius 3 is 2.37 bits per heavy atom. The number of thioether (sulfide) groups is 1. The van der Waals surface area contributed by atoms with E-state index >= 15 is 0 Å². The van der Waals surface area contributed by atoms with Crippen molar-refractivity contribution in [3.8, 4) is 0 Å². The topological polar surface area (TPSA) is 49.4 Å². The van der Waals surface area contributed by atoms with Gasteiger partial charge in [-0.2, -0.15) is 0 Å². The minimum Gasteiger partial charge on any atom is -0.352 e. The minimum atomic E-state index is -0.489. The lowest BCUT2D eigenvalue weighted by molar-refractivity contribution is -0.138. The van der Waals surface area contributed by atoms with Gasteiger partial charge in [-0.25, -0.2) is 0 Å². The van der Waals surface area contributed by atoms with Crippen LogP contribution < -0.4 is 5.32 Å². The highest BCUT2D eigenvalue weighted by Crippen LogP contribution is 2.19. The Bertz CT molecular complexity index is 817. The van der Waals surface area contributed by atoms with Crippen molar-refractivity contribution >= 4 is 23.6 Å². The molecule has 0 radical (unpaired) electrons. The van der Waals surface area contributed by atoms with Gasteiger partial charge in [-0.15, -0.1) is 11.8 Å². The lowest BCUT2D eigenvalue weighted by Gasteiger charge is -2.29. The Morgan fingerprint density at radius 1 is 1.03 bits per heavy atom. The molecule has 0 aliphatic heterocycles. The van der Waals surface area contributed by atoms with Crippen LogP contribution in [0.25, 0.3) is 0 Å². The second-order valence-electron chi connectivity index (χ2n) is 8.15. The van der Waals surface area contributed by atoms with E-state index in [9.17, 15) is 9.59 Å². The second kappa shape index (κ2) is 11.2. The fourth-order valence-corrected chi connectivity index (χ4v) is 4.65. The molecule has 2 aromatic rings. The summed E-state index contributed by atoms with van der Waals surface area (Å²) in [5.41, 5.74) is 3.43. The van der Waals surface area contributed by atoms with Gasteiger partial charge >= 0.3 is 0 Å². The Morgan fingerprint density at radius 2 is 1.70 bits per heavy atom. The monoisotopic (exact) mass is 424 g/mol. The van der Waals surface area contributed by atoms with Gasteiger partial charge in [0.1, 0.15) is 6.04 Å². The molecule has 30 heavy (non-hydrogen) atoms. The Hall–Kier alpha value is -2.27. The molecule has 5 heteroatoms. The molecule has 0 heterocycles. The van der Waals surface area contributed by atoms with Gasteiger partial charge in [0.2, 0.25) is 11.8 Å². The lowest BCUT2D eigenvalue weighted by atomic mass is 10.1. The number of rotatable bonds is 9. The SMILES string of the molecule is Cc1ccc(CN(C(=O)CSCc2ccccc2)[C@H](C)C(=O)NC2CCCC2)cc1. The number of amides is 2. The van der Waals surface area contributed by atoms with Crippen molar-refractivity contribution in [1.82, 2.24) is 10.2 Å². The Kier molecular flexibility index (Phi) is 8.38. The van der Waals surface area contributed by atoms with Crippen molar-refractivity contribution in [2.75, 3.05) is 5.75 Å². The average molecular weight is 425 g/mol. The predicted octanol–water partition coefficient (Wildman–Crippen LogP) is 4.70. The van der Waals surface area contributed by atoms with Crippen molar-refractivity contribution in [3.05, 3.63) is 71.3 Å². The molecule has 0 saturated heterocycles. The molecule has 1 atom stereocenters. The van der Waals surface area contributed by atoms with Gasteiger partial charge in [0.05, 0.1) is 5.75 Å². The third-order valence-corrected chi connectivity index (χ3v) is 6.67. The molecule has 1 saturated carbocycles. The van der Waals surface area contributed by atoms with Gasteiger partial charge in [-0.1, -0.05) is 73.0 Å². The van der Waals surface area contributed by atoms with Crippen LogP contribution in [0.2, 0.25) is 0 Å². The largest absolute Gasteiger partial charge is 0.352 e. The van der Waals surface area contributed by atoms with Gasteiger partial charge in [0, 0.05) is 18.3 Å². The number of aryl methyl sites for hydroxylation is 1. The molecule has 2 aromatic carbocycles. The Labute approximate surface area is 184 Å². The first kappa shape index (κ1) is 22.4. The van der Waals surface area contributed by atoms with Crippen LogP contribution in [0.4, 0.5) is 0 Å². The number of carbonyl (C=O) groups excluding carboxylic acids is 2. The summed E-state index contributed by atoms with van der Waals surface area (Å²) in [4.78, 5) is 27.7. The summed E-state index contributed by atoms with van der Waals surface area (Å²) in [5.74, 6) is 1.11. The summed E-state index contributed by atoms with van der Waals surface area (Å²) < 4.78 is 0. The molecule has 0 spiro atoms. The van der Waals surface area contributed by atoms with E-state index in [1.807, 2.05) is 56.3 Å². The van der Waals surface area contributed by atoms with E-state index in [0.29, 0.717) is 12.3 Å². The molecular weight excluding hydrogens is 392 g/mol. The van der Waals surface area contributed by atoms with Crippen LogP contribution in [0.15, 0.2) is 54.6 Å². The maximum Gasteiger partial charge on any atom is 0.242 e. The van der Waals surface area contributed by atoms with E-state index in [-0.39, 0.29) is 17.9 Å². The molecule has 4 nitrogen and oxygen atoms in total. The summed E-state index contributed by atoms with van der Waals surface area (Å²) in [6.07, 6.45) is 4.41. The van der Waals surface area contributed by atoms with Crippen LogP contribution in [0, 0.1) is 6.92 Å². The first-order chi connectivity index (χ1) is 14.5. The van der Waals surface area contributed by atoms with E-state index in [0.717, 1.165) is 24.2 Å². The highest BCUT2D eigenvalue weighted by molar-refractivity contribution is 7.99. The zero-order valence-corrected chi connectivity index (χ0v) is 18.8. The summed E-state index contributed by atoms with van der Waals surface area (Å²) in [6.45, 7) is 4.34. The van der Waals surface area contributed by atoms with Crippen molar-refractivity contribution in [3.63, 3.8) is 0 Å². The molecule has 1 N–H and O–H groups in total. The average Bonchev–Trinajstić information content (AvgIpc) is 3.26. The predicted molar refractivity (Wildman–Crippen MR) is 124 cm³/mol. The maximum atomic E-state index is 13.1. The zero-order valence-electron chi connectivity index (χ0n) is 18.0. The molecule has 0 bridgehead atoms. The summed E-state index contributed by atoms with van der Waals surface area (Å²) >= 11 is 1.59. The second-order valence-corrected chi connectivity index (χ2v) is 9.14. The first-order valence-electron chi connectivity index (χ1n) is 10.8. The Balaban J connectivity index is 1.64. The standard InChI is InChI=1S/C25H32N2O2S/c1-19-12-14-21(15-13-19)16-27(20(2)25(29)26-23-10-6-7-11-23)24(28)18-30-17-22-8-4-3-5-9-22/h3-5,8-9,12-15,20,23H,6-7,10-11,16-18H2,1-2H3,(H,26,29)/t20-/m1/s1. The molecule has 0 aromatic heterocycles. The molecule has 1 aliphatic carbocycles. The number of benzene rings is 2. The van der Waals surface area contributed by atoms with Gasteiger partial charge in [0.25, 0.3) is 0 Å². The van der Waals surface area contributed by atoms with Crippen molar-refractivity contribution in [2.45, 2.75) is 63.9 Å². The number of carbonyl (C=O) groups is 2. The molecule has 160 valence electrons. The maximum absolute atomic E-state index is 13.1. The van der Waals surface area contributed by atoms with Crippen LogP contribution in [-0.2, 0) is 21.9 Å². The van der Waals surface area contributed by atoms with E-state index in [1.165, 1.54) is 24.0 Å². The zero-order chi connectivity index (χ0) is 21.3. The normalized spacial score (nSPS) is 15.0. The van der Waals surface area contributed by atoms with E-state index in [1.54, 1.807) is 16.7 Å². The highest BCUT2D eigenvalue weighted by Gasteiger charge is 2.28. The van der Waals surface area contributed by atoms with Gasteiger partial charge < -0.3 is 10.2 Å². The van der Waals surface area contributed by atoms with Crippen LogP contribution in [0.3, 0.4) is 0 Å². The van der Waals surface area contributed by atoms with Crippen LogP contribution in [0.5, 0.6) is 0 Å². The highest BCUT2D eigenvalue weighted by atomic mass is 32.2. The summed E-state index contributed by atoms with van der Waals surface area (Å²) in [7, 11) is 0. The van der Waals surface area contributed by atoms with Gasteiger partial charge in [-0.05, 0) is 37.8 Å². The third-order valence-electron chi connectivity index (χ3n) is 5.68. The molecule has 1 fully saturated rings. The number of hydrogen-bond donors (Lipinski definition) is 1. The molecular formula is C25H32N2O2S. The minimum absolute atomic E-state index is 0.00516. The van der Waals surface area contributed by atoms with Crippen molar-refractivity contribution < 1.29 is 9.59 Å². The summed E-state index contributed by atoms with van der Waals surface area (Å²) in [5, 5.41) is 3.15. The third kappa shape index (κ3) is 6.63. The summed E-state index contributed by atoms with van der Waals surface area (Å²) in [6, 6.07) is 18.1. The molecule has 2 amide bonds. The molecule has 0 unspecified atom stereocenters. The smallest absolute Gasteiger partial charge is 0.242 e. The van der Waals surface area contributed by atoms with Crippen LogP contribution >= 0.6 is 11.8 Å². The fraction of sp³-hybridized carbons (Fsp3) is 0.440. The lowest BCUT2D eigenvalue weighted by Crippen LogP contribution is -2.50. The van der Waals surface area contributed by atoms with Gasteiger partial charge in [0.15, 0.2) is 0 Å². The van der Waals surface area contributed by atoms with Crippen LogP contribution in [0.1, 0.15) is 49.3 Å². The van der Waals surface area contributed by atoms with E-state index in [2.05, 4.69) is 17.4 Å². The van der Waals surface area contributed by atoms with Crippen molar-refractivity contribution in [2.24, 2.45) is 0 Å². The van der Waals surface area contributed by atoms with E-state index in [4.69, 9.17) is 0 Å². The molecule has 1 aliphatic rings. The number of hydrogen-bond acceptors (Lipinski definition) is 3. The fourth-order valence-electron chi connectivity index (χ4n) is 3.78. The van der Waals surface area contributed by atoms with Crippen LogP contribution in [-0.4, -0.2) is 34.6 Å². The van der Waals surface area contributed by atoms with E-state index < -0.39 is 6.04 Å². The molecule has 3 rings (SSSR count).